The molecule has 5 heteroatoms. The Hall–Kier alpha value is -2.82. The van der Waals surface area contributed by atoms with Crippen molar-refractivity contribution in [2.24, 2.45) is 0 Å². The van der Waals surface area contributed by atoms with Gasteiger partial charge in [-0.05, 0) is 50.2 Å². The zero-order chi connectivity index (χ0) is 17.5. The fraction of sp³-hybridized carbons (Fsp3) is 0.263. The van der Waals surface area contributed by atoms with Gasteiger partial charge in [0.15, 0.2) is 6.10 Å². The Bertz CT molecular complexity index is 694. The van der Waals surface area contributed by atoms with Gasteiger partial charge in [-0.15, -0.1) is 0 Å². The minimum absolute atomic E-state index is 0.0492. The normalized spacial score (nSPS) is 11.5. The average Bonchev–Trinajstić information content (AvgIpc) is 2.58. The predicted octanol–water partition coefficient (Wildman–Crippen LogP) is 3.75. The molecule has 0 aliphatic carbocycles. The van der Waals surface area contributed by atoms with E-state index in [1.165, 1.54) is 0 Å². The largest absolute Gasteiger partial charge is 0.481 e. The molecule has 0 radical (unpaired) electrons. The van der Waals surface area contributed by atoms with Crippen molar-refractivity contribution in [1.29, 1.82) is 0 Å². The van der Waals surface area contributed by atoms with Crippen LogP contribution >= 0.6 is 0 Å². The van der Waals surface area contributed by atoms with E-state index in [0.717, 1.165) is 5.56 Å². The third-order valence-electron chi connectivity index (χ3n) is 3.46. The molecule has 126 valence electrons. The van der Waals surface area contributed by atoms with Crippen LogP contribution in [0.15, 0.2) is 48.5 Å². The molecule has 2 amide bonds. The first-order chi connectivity index (χ1) is 11.5. The summed E-state index contributed by atoms with van der Waals surface area (Å²) in [7, 11) is 0. The second-order valence-corrected chi connectivity index (χ2v) is 5.54. The van der Waals surface area contributed by atoms with E-state index in [4.69, 9.17) is 4.74 Å². The van der Waals surface area contributed by atoms with Crippen LogP contribution in [-0.2, 0) is 9.59 Å². The lowest BCUT2D eigenvalue weighted by molar-refractivity contribution is -0.122. The van der Waals surface area contributed by atoms with E-state index < -0.39 is 6.10 Å². The van der Waals surface area contributed by atoms with Crippen LogP contribution in [0.3, 0.4) is 0 Å². The van der Waals surface area contributed by atoms with Crippen LogP contribution < -0.4 is 15.4 Å². The number of rotatable bonds is 6. The number of benzene rings is 2. The van der Waals surface area contributed by atoms with E-state index in [0.29, 0.717) is 23.5 Å². The molecular formula is C19H22N2O3. The van der Waals surface area contributed by atoms with Crippen molar-refractivity contribution in [3.05, 3.63) is 54.1 Å². The van der Waals surface area contributed by atoms with Crippen molar-refractivity contribution in [3.63, 3.8) is 0 Å². The molecule has 0 aliphatic rings. The molecule has 2 rings (SSSR count). The first-order valence-electron chi connectivity index (χ1n) is 7.92. The quantitative estimate of drug-likeness (QED) is 0.849. The molecular weight excluding hydrogens is 304 g/mol. The fourth-order valence-corrected chi connectivity index (χ4v) is 2.00. The first-order valence-corrected chi connectivity index (χ1v) is 7.92. The van der Waals surface area contributed by atoms with Gasteiger partial charge >= 0.3 is 0 Å². The predicted molar refractivity (Wildman–Crippen MR) is 95.3 cm³/mol. The highest BCUT2D eigenvalue weighted by Gasteiger charge is 2.14. The molecule has 0 heterocycles. The molecule has 5 nitrogen and oxygen atoms in total. The maximum absolute atomic E-state index is 12.2. The summed E-state index contributed by atoms with van der Waals surface area (Å²) in [6.07, 6.45) is -0.195. The van der Waals surface area contributed by atoms with Crippen LogP contribution in [-0.4, -0.2) is 17.9 Å². The summed E-state index contributed by atoms with van der Waals surface area (Å²) in [5.74, 6) is 0.369. The second-order valence-electron chi connectivity index (χ2n) is 5.54. The number of anilines is 2. The summed E-state index contributed by atoms with van der Waals surface area (Å²) >= 11 is 0. The highest BCUT2D eigenvalue weighted by atomic mass is 16.5. The van der Waals surface area contributed by atoms with Gasteiger partial charge in [-0.2, -0.15) is 0 Å². The second kappa shape index (κ2) is 8.15. The number of amides is 2. The molecule has 0 fully saturated rings. The van der Waals surface area contributed by atoms with Gasteiger partial charge in [0.1, 0.15) is 5.75 Å². The topological polar surface area (TPSA) is 67.4 Å². The van der Waals surface area contributed by atoms with Crippen LogP contribution in [0.4, 0.5) is 11.4 Å². The van der Waals surface area contributed by atoms with Crippen molar-refractivity contribution in [3.8, 4) is 5.75 Å². The van der Waals surface area contributed by atoms with Gasteiger partial charge in [-0.25, -0.2) is 0 Å². The number of hydrogen-bond acceptors (Lipinski definition) is 3. The Labute approximate surface area is 142 Å². The molecule has 1 unspecified atom stereocenters. The van der Waals surface area contributed by atoms with Crippen molar-refractivity contribution in [2.75, 3.05) is 10.6 Å². The lowest BCUT2D eigenvalue weighted by atomic mass is 10.2. The third kappa shape index (κ3) is 5.12. The van der Waals surface area contributed by atoms with E-state index in [2.05, 4.69) is 10.6 Å². The van der Waals surface area contributed by atoms with Crippen LogP contribution in [0.2, 0.25) is 0 Å². The molecule has 0 aliphatic heterocycles. The van der Waals surface area contributed by atoms with Crippen molar-refractivity contribution < 1.29 is 14.3 Å². The van der Waals surface area contributed by atoms with E-state index in [-0.39, 0.29) is 11.8 Å². The van der Waals surface area contributed by atoms with Gasteiger partial charge in [0.05, 0.1) is 0 Å². The van der Waals surface area contributed by atoms with Crippen molar-refractivity contribution in [2.45, 2.75) is 33.3 Å². The summed E-state index contributed by atoms with van der Waals surface area (Å²) in [4.78, 5) is 23.5. The van der Waals surface area contributed by atoms with E-state index in [1.807, 2.05) is 31.2 Å². The summed E-state index contributed by atoms with van der Waals surface area (Å²) in [5.41, 5.74) is 2.48. The van der Waals surface area contributed by atoms with Gasteiger partial charge in [0.2, 0.25) is 5.91 Å². The number of ether oxygens (including phenoxy) is 1. The molecule has 0 saturated heterocycles. The van der Waals surface area contributed by atoms with Crippen LogP contribution in [0, 0.1) is 6.92 Å². The summed E-state index contributed by atoms with van der Waals surface area (Å²) < 4.78 is 5.63. The number of carbonyl (C=O) groups is 2. The first kappa shape index (κ1) is 17.5. The Kier molecular flexibility index (Phi) is 5.95. The Balaban J connectivity index is 1.91. The van der Waals surface area contributed by atoms with Gasteiger partial charge in [-0.3, -0.25) is 9.59 Å². The molecule has 0 aromatic heterocycles. The lowest BCUT2D eigenvalue weighted by Crippen LogP contribution is -2.30. The molecule has 2 N–H and O–H groups in total. The molecule has 1 atom stereocenters. The molecule has 0 bridgehead atoms. The third-order valence-corrected chi connectivity index (χ3v) is 3.46. The zero-order valence-electron chi connectivity index (χ0n) is 14.1. The highest BCUT2D eigenvalue weighted by Crippen LogP contribution is 2.16. The van der Waals surface area contributed by atoms with Gasteiger partial charge in [0.25, 0.3) is 5.91 Å². The van der Waals surface area contributed by atoms with Crippen molar-refractivity contribution >= 4 is 23.2 Å². The minimum atomic E-state index is -0.618. The van der Waals surface area contributed by atoms with Gasteiger partial charge in [0, 0.05) is 17.8 Å². The number of nitrogens with one attached hydrogen (secondary N) is 2. The standard InChI is InChI=1S/C19H22N2O3/c1-4-18(22)20-15-7-9-16(10-8-15)21-19(23)14(3)24-17-11-5-13(2)6-12-17/h5-12,14H,4H2,1-3H3,(H,20,22)(H,21,23). The molecule has 2 aromatic rings. The highest BCUT2D eigenvalue weighted by molar-refractivity contribution is 5.95. The average molecular weight is 326 g/mol. The SMILES string of the molecule is CCC(=O)Nc1ccc(NC(=O)C(C)Oc2ccc(C)cc2)cc1. The van der Waals surface area contributed by atoms with Gasteiger partial charge in [-0.1, -0.05) is 24.6 Å². The minimum Gasteiger partial charge on any atom is -0.481 e. The molecule has 0 saturated carbocycles. The number of carbonyl (C=O) groups excluding carboxylic acids is 2. The van der Waals surface area contributed by atoms with Crippen molar-refractivity contribution in [1.82, 2.24) is 0 Å². The van der Waals surface area contributed by atoms with Crippen LogP contribution in [0.5, 0.6) is 5.75 Å². The maximum Gasteiger partial charge on any atom is 0.265 e. The molecule has 2 aromatic carbocycles. The number of aryl methyl sites for hydroxylation is 1. The van der Waals surface area contributed by atoms with Gasteiger partial charge < -0.3 is 15.4 Å². The summed E-state index contributed by atoms with van der Waals surface area (Å²) in [6.45, 7) is 5.48. The maximum atomic E-state index is 12.2. The Morgan fingerprint density at radius 2 is 1.50 bits per heavy atom. The van der Waals surface area contributed by atoms with E-state index in [9.17, 15) is 9.59 Å². The Morgan fingerprint density at radius 3 is 2.04 bits per heavy atom. The smallest absolute Gasteiger partial charge is 0.265 e. The molecule has 0 spiro atoms. The monoisotopic (exact) mass is 326 g/mol. The zero-order valence-corrected chi connectivity index (χ0v) is 14.1. The lowest BCUT2D eigenvalue weighted by Gasteiger charge is -2.15. The summed E-state index contributed by atoms with van der Waals surface area (Å²) in [5, 5.41) is 5.55. The van der Waals surface area contributed by atoms with Crippen LogP contribution in [0.25, 0.3) is 0 Å². The van der Waals surface area contributed by atoms with E-state index in [1.54, 1.807) is 38.1 Å². The Morgan fingerprint density at radius 1 is 0.958 bits per heavy atom. The number of hydrogen-bond donors (Lipinski definition) is 2. The van der Waals surface area contributed by atoms with E-state index >= 15 is 0 Å². The summed E-state index contributed by atoms with van der Waals surface area (Å²) in [6, 6.07) is 14.5. The fourth-order valence-electron chi connectivity index (χ4n) is 2.00. The van der Waals surface area contributed by atoms with Crippen LogP contribution in [0.1, 0.15) is 25.8 Å². The molecule has 24 heavy (non-hydrogen) atoms.